The number of carbonyl (C=O) groups is 1. The highest BCUT2D eigenvalue weighted by Crippen LogP contribution is 2.29. The highest BCUT2D eigenvalue weighted by molar-refractivity contribution is 5.76. The van der Waals surface area contributed by atoms with E-state index in [1.807, 2.05) is 0 Å². The fourth-order valence-corrected chi connectivity index (χ4v) is 5.07. The molecule has 14 heteroatoms. The lowest BCUT2D eigenvalue weighted by molar-refractivity contribution is -0.359. The normalized spacial score (nSPS) is 33.9. The molecule has 262 valence electrons. The molecule has 2 aliphatic heterocycles. The third-order valence-corrected chi connectivity index (χ3v) is 7.87. The largest absolute Gasteiger partial charge is 0.394 e. The van der Waals surface area contributed by atoms with Gasteiger partial charge in [0.2, 0.25) is 5.91 Å². The van der Waals surface area contributed by atoms with Crippen LogP contribution in [-0.4, -0.2) is 140 Å². The monoisotopic (exact) mass is 649 g/mol. The van der Waals surface area contributed by atoms with E-state index in [4.69, 9.17) is 18.9 Å². The Labute approximate surface area is 265 Å². The predicted octanol–water partition coefficient (Wildman–Crippen LogP) is -0.864. The molecule has 12 atom stereocenters. The van der Waals surface area contributed by atoms with Gasteiger partial charge in [0.15, 0.2) is 12.6 Å². The van der Waals surface area contributed by atoms with Gasteiger partial charge < -0.3 is 65.1 Å². The number of carbonyl (C=O) groups excluding carboxylic acids is 1. The van der Waals surface area contributed by atoms with E-state index in [9.17, 15) is 45.6 Å². The van der Waals surface area contributed by atoms with E-state index in [0.29, 0.717) is 12.8 Å². The van der Waals surface area contributed by atoms with Crippen LogP contribution in [0.1, 0.15) is 71.6 Å². The molecule has 0 saturated carbocycles. The quantitative estimate of drug-likeness (QED) is 0.0578. The van der Waals surface area contributed by atoms with Crippen LogP contribution < -0.4 is 5.32 Å². The van der Waals surface area contributed by atoms with Crippen LogP contribution in [0.3, 0.4) is 0 Å². The van der Waals surface area contributed by atoms with Gasteiger partial charge in [0, 0.05) is 6.42 Å². The van der Waals surface area contributed by atoms with E-state index in [0.717, 1.165) is 38.5 Å². The van der Waals surface area contributed by atoms with E-state index in [-0.39, 0.29) is 18.9 Å². The highest BCUT2D eigenvalue weighted by Gasteiger charge is 2.50. The third-order valence-electron chi connectivity index (χ3n) is 7.87. The Morgan fingerprint density at radius 1 is 0.778 bits per heavy atom. The van der Waals surface area contributed by atoms with E-state index in [2.05, 4.69) is 31.3 Å². The summed E-state index contributed by atoms with van der Waals surface area (Å²) in [5.41, 5.74) is 0. The van der Waals surface area contributed by atoms with E-state index in [1.165, 1.54) is 0 Å². The number of nitrogens with one attached hydrogen (secondary N) is 1. The number of unbranched alkanes of at least 4 members (excludes halogenated alkanes) is 5. The summed E-state index contributed by atoms with van der Waals surface area (Å²) in [5, 5.41) is 85.1. The molecule has 0 aliphatic carbocycles. The van der Waals surface area contributed by atoms with Crippen molar-refractivity contribution in [2.24, 2.45) is 0 Å². The van der Waals surface area contributed by atoms with Crippen molar-refractivity contribution < 1.29 is 64.6 Å². The molecule has 0 bridgehead atoms. The Balaban J connectivity index is 2.05. The van der Waals surface area contributed by atoms with Gasteiger partial charge >= 0.3 is 0 Å². The first kappa shape index (κ1) is 39.6. The minimum absolute atomic E-state index is 0.264. The summed E-state index contributed by atoms with van der Waals surface area (Å²) in [7, 11) is 0. The number of hydrogen-bond acceptors (Lipinski definition) is 13. The molecule has 14 nitrogen and oxygen atoms in total. The zero-order valence-electron chi connectivity index (χ0n) is 26.3. The number of aliphatic hydroxyl groups excluding tert-OH is 8. The maximum atomic E-state index is 12.6. The number of amides is 1. The first-order valence-corrected chi connectivity index (χ1v) is 16.1. The topological polar surface area (TPSA) is 228 Å². The van der Waals surface area contributed by atoms with Crippen LogP contribution in [0.25, 0.3) is 0 Å². The Bertz CT molecular complexity index is 872. The highest BCUT2D eigenvalue weighted by atomic mass is 16.7. The molecule has 2 aliphatic rings. The van der Waals surface area contributed by atoms with Crippen LogP contribution >= 0.6 is 0 Å². The summed E-state index contributed by atoms with van der Waals surface area (Å²) in [6.07, 6.45) is -2.05. The Morgan fingerprint density at radius 3 is 2.09 bits per heavy atom. The first-order valence-electron chi connectivity index (χ1n) is 16.1. The van der Waals surface area contributed by atoms with Crippen molar-refractivity contribution in [3.8, 4) is 0 Å². The summed E-state index contributed by atoms with van der Waals surface area (Å²) in [4.78, 5) is 12.6. The summed E-state index contributed by atoms with van der Waals surface area (Å²) < 4.78 is 22.3. The number of rotatable bonds is 20. The third kappa shape index (κ3) is 12.5. The molecular weight excluding hydrogens is 594 g/mol. The first-order chi connectivity index (χ1) is 21.6. The van der Waals surface area contributed by atoms with E-state index < -0.39 is 86.8 Å². The molecule has 2 saturated heterocycles. The van der Waals surface area contributed by atoms with Crippen LogP contribution in [-0.2, 0) is 23.7 Å². The van der Waals surface area contributed by atoms with Crippen molar-refractivity contribution in [2.75, 3.05) is 19.8 Å². The Morgan fingerprint density at radius 2 is 1.42 bits per heavy atom. The van der Waals surface area contributed by atoms with E-state index in [1.54, 1.807) is 12.2 Å². The van der Waals surface area contributed by atoms with E-state index >= 15 is 0 Å². The van der Waals surface area contributed by atoms with Gasteiger partial charge in [-0.15, -0.1) is 0 Å². The number of aliphatic hydroxyl groups is 8. The van der Waals surface area contributed by atoms with Crippen molar-refractivity contribution >= 4 is 5.91 Å². The number of ether oxygens (including phenoxy) is 4. The van der Waals surface area contributed by atoms with Crippen molar-refractivity contribution in [1.29, 1.82) is 0 Å². The number of hydrogen-bond donors (Lipinski definition) is 9. The zero-order valence-corrected chi connectivity index (χ0v) is 26.3. The molecule has 0 aromatic carbocycles. The summed E-state index contributed by atoms with van der Waals surface area (Å²) in [5.74, 6) is -0.277. The van der Waals surface area contributed by atoms with Crippen LogP contribution in [0.2, 0.25) is 0 Å². The van der Waals surface area contributed by atoms with Crippen molar-refractivity contribution in [3.63, 3.8) is 0 Å². The molecule has 12 unspecified atom stereocenters. The lowest BCUT2D eigenvalue weighted by Crippen LogP contribution is -2.65. The molecule has 2 fully saturated rings. The predicted molar refractivity (Wildman–Crippen MR) is 161 cm³/mol. The molecular formula is C31H55NO13. The maximum Gasteiger partial charge on any atom is 0.220 e. The lowest BCUT2D eigenvalue weighted by Gasteiger charge is -2.46. The Kier molecular flexibility index (Phi) is 18.8. The smallest absolute Gasteiger partial charge is 0.220 e. The summed E-state index contributed by atoms with van der Waals surface area (Å²) in [6, 6.07) is -0.917. The molecule has 0 aromatic rings. The minimum Gasteiger partial charge on any atom is -0.394 e. The van der Waals surface area contributed by atoms with Gasteiger partial charge in [0.05, 0.1) is 32.0 Å². The summed E-state index contributed by atoms with van der Waals surface area (Å²) >= 11 is 0. The van der Waals surface area contributed by atoms with Gasteiger partial charge in [-0.05, 0) is 25.7 Å². The lowest BCUT2D eigenvalue weighted by atomic mass is 9.97. The molecule has 2 rings (SSSR count). The van der Waals surface area contributed by atoms with Crippen molar-refractivity contribution in [2.45, 2.75) is 145 Å². The van der Waals surface area contributed by atoms with Gasteiger partial charge in [-0.1, -0.05) is 63.8 Å². The van der Waals surface area contributed by atoms with Crippen LogP contribution in [0, 0.1) is 0 Å². The molecule has 1 amide bonds. The van der Waals surface area contributed by atoms with Crippen LogP contribution in [0.15, 0.2) is 24.3 Å². The fraction of sp³-hybridized carbons (Fsp3) is 0.839. The molecule has 0 aromatic heterocycles. The Hall–Kier alpha value is -1.53. The second-order valence-electron chi connectivity index (χ2n) is 11.6. The SMILES string of the molecule is CCC/C=C/CC/C=C/C(O)C(COC1OC(CO)C(OC2OC(CO)C(O)C(O)C2O)C(O)C1O)NC(=O)CCCCCC. The van der Waals surface area contributed by atoms with Crippen LogP contribution in [0.5, 0.6) is 0 Å². The molecule has 9 N–H and O–H groups in total. The van der Waals surface area contributed by atoms with Gasteiger partial charge in [0.25, 0.3) is 0 Å². The molecule has 2 heterocycles. The second kappa shape index (κ2) is 21.4. The molecule has 45 heavy (non-hydrogen) atoms. The zero-order chi connectivity index (χ0) is 33.4. The van der Waals surface area contributed by atoms with Crippen molar-refractivity contribution in [3.05, 3.63) is 24.3 Å². The molecule has 0 radical (unpaired) electrons. The minimum atomic E-state index is -1.78. The van der Waals surface area contributed by atoms with Gasteiger partial charge in [-0.2, -0.15) is 0 Å². The average molecular weight is 650 g/mol. The fourth-order valence-electron chi connectivity index (χ4n) is 5.07. The van der Waals surface area contributed by atoms with Crippen molar-refractivity contribution in [1.82, 2.24) is 5.32 Å². The number of allylic oxidation sites excluding steroid dienone is 3. The second-order valence-corrected chi connectivity index (χ2v) is 11.6. The van der Waals surface area contributed by atoms with Gasteiger partial charge in [-0.3, -0.25) is 4.79 Å². The van der Waals surface area contributed by atoms with Gasteiger partial charge in [-0.25, -0.2) is 0 Å². The standard InChI is InChI=1S/C31H55NO13/c1-3-5-7-9-10-11-12-14-20(35)19(32-23(36)15-13-8-6-4-2)18-42-30-28(41)26(39)29(22(17-34)44-30)45-31-27(40)25(38)24(37)21(16-33)43-31/h7,9,12,14,19-22,24-31,33-35,37-41H,3-6,8,10-11,13,15-18H2,1-2H3,(H,32,36)/b9-7+,14-12+. The summed E-state index contributed by atoms with van der Waals surface area (Å²) in [6.45, 7) is 2.43. The maximum absolute atomic E-state index is 12.6. The van der Waals surface area contributed by atoms with Crippen LogP contribution in [0.4, 0.5) is 0 Å². The van der Waals surface area contributed by atoms with Gasteiger partial charge in [0.1, 0.15) is 48.8 Å². The molecule has 0 spiro atoms. The average Bonchev–Trinajstić information content (AvgIpc) is 3.03.